The summed E-state index contributed by atoms with van der Waals surface area (Å²) in [5.41, 5.74) is 0. The van der Waals surface area contributed by atoms with Crippen LogP contribution in [0.5, 0.6) is 0 Å². The van der Waals surface area contributed by atoms with Crippen LogP contribution in [0.25, 0.3) is 0 Å². The maximum atomic E-state index is 12.5. The van der Waals surface area contributed by atoms with Crippen molar-refractivity contribution in [3.8, 4) is 0 Å². The number of carbonyl (C=O) groups is 2. The van der Waals surface area contributed by atoms with Crippen molar-refractivity contribution in [2.75, 3.05) is 47.5 Å². The number of ether oxygens (including phenoxy) is 2. The fraction of sp³-hybridized carbons (Fsp3) is 0.892. The molecule has 10 heteroatoms. The Balaban J connectivity index is 4.03. The van der Waals surface area contributed by atoms with Crippen LogP contribution in [0.4, 0.5) is 0 Å². The first-order chi connectivity index (χ1) is 22.5. The summed E-state index contributed by atoms with van der Waals surface area (Å²) in [6.07, 6.45) is 29.4. The lowest BCUT2D eigenvalue weighted by Crippen LogP contribution is -2.37. The first-order valence-electron chi connectivity index (χ1n) is 18.9. The normalized spacial score (nSPS) is 13.9. The van der Waals surface area contributed by atoms with Gasteiger partial charge in [0, 0.05) is 12.8 Å². The molecule has 0 aliphatic rings. The Bertz CT molecular complexity index is 830. The van der Waals surface area contributed by atoms with E-state index in [9.17, 15) is 19.0 Å². The van der Waals surface area contributed by atoms with Gasteiger partial charge in [0.15, 0.2) is 6.10 Å². The van der Waals surface area contributed by atoms with E-state index in [1.165, 1.54) is 96.3 Å². The van der Waals surface area contributed by atoms with Crippen LogP contribution in [0.1, 0.15) is 162 Å². The van der Waals surface area contributed by atoms with E-state index < -0.39 is 32.5 Å². The Labute approximate surface area is 288 Å². The molecule has 0 N–H and O–H groups in total. The molecule has 0 amide bonds. The Morgan fingerprint density at radius 1 is 0.638 bits per heavy atom. The number of carbonyl (C=O) groups excluding carboxylic acids is 2. The topological polar surface area (TPSA) is 111 Å². The highest BCUT2D eigenvalue weighted by molar-refractivity contribution is 7.45. The average Bonchev–Trinajstić information content (AvgIpc) is 3.01. The maximum absolute atomic E-state index is 12.5. The van der Waals surface area contributed by atoms with Crippen LogP contribution >= 0.6 is 7.82 Å². The molecule has 0 bridgehead atoms. The molecule has 278 valence electrons. The van der Waals surface area contributed by atoms with Gasteiger partial charge in [-0.25, -0.2) is 0 Å². The van der Waals surface area contributed by atoms with Gasteiger partial charge in [-0.3, -0.25) is 14.2 Å². The molecule has 0 radical (unpaired) electrons. The minimum Gasteiger partial charge on any atom is -0.756 e. The van der Waals surface area contributed by atoms with Crippen LogP contribution in [-0.2, 0) is 32.7 Å². The zero-order valence-corrected chi connectivity index (χ0v) is 31.9. The summed E-state index contributed by atoms with van der Waals surface area (Å²) in [6.45, 7) is 3.95. The highest BCUT2D eigenvalue weighted by Gasteiger charge is 2.21. The molecule has 0 heterocycles. The first kappa shape index (κ1) is 45.8. The molecule has 0 rings (SSSR count). The second kappa shape index (κ2) is 30.8. The van der Waals surface area contributed by atoms with E-state index in [4.69, 9.17) is 18.5 Å². The number of quaternary nitrogens is 1. The maximum Gasteiger partial charge on any atom is 0.306 e. The van der Waals surface area contributed by atoms with Crippen LogP contribution in [0, 0.1) is 0 Å². The fourth-order valence-electron chi connectivity index (χ4n) is 4.98. The summed E-state index contributed by atoms with van der Waals surface area (Å²) in [7, 11) is 1.16. The summed E-state index contributed by atoms with van der Waals surface area (Å²) in [5.74, 6) is -0.875. The third-order valence-corrected chi connectivity index (χ3v) is 9.00. The largest absolute Gasteiger partial charge is 0.756 e. The molecule has 0 spiro atoms. The zero-order chi connectivity index (χ0) is 35.1. The predicted molar refractivity (Wildman–Crippen MR) is 190 cm³/mol. The number of phosphoric acid groups is 1. The van der Waals surface area contributed by atoms with Gasteiger partial charge in [0.2, 0.25) is 0 Å². The van der Waals surface area contributed by atoms with E-state index in [2.05, 4.69) is 19.1 Å². The molecule has 0 saturated carbocycles. The number of nitrogens with zero attached hydrogens (tertiary/aromatic N) is 1. The number of unbranched alkanes of at least 4 members (excludes halogenated alkanes) is 18. The van der Waals surface area contributed by atoms with Gasteiger partial charge < -0.3 is 27.9 Å². The number of hydrogen-bond acceptors (Lipinski definition) is 8. The van der Waals surface area contributed by atoms with Crippen LogP contribution in [-0.4, -0.2) is 70.0 Å². The van der Waals surface area contributed by atoms with E-state index in [0.29, 0.717) is 23.9 Å². The highest BCUT2D eigenvalue weighted by atomic mass is 31.2. The minimum absolute atomic E-state index is 0.0300. The van der Waals surface area contributed by atoms with Crippen LogP contribution < -0.4 is 4.89 Å². The Morgan fingerprint density at radius 3 is 1.62 bits per heavy atom. The number of allylic oxidation sites excluding steroid dienone is 2. The number of esters is 2. The number of likely N-dealkylation sites (N-methyl/N-ethyl adjacent to an activating group) is 1. The van der Waals surface area contributed by atoms with Crippen molar-refractivity contribution in [3.63, 3.8) is 0 Å². The van der Waals surface area contributed by atoms with Gasteiger partial charge in [-0.05, 0) is 38.5 Å². The number of rotatable bonds is 34. The molecule has 2 atom stereocenters. The molecule has 9 nitrogen and oxygen atoms in total. The third kappa shape index (κ3) is 34.4. The molecule has 0 aromatic rings. The molecule has 0 saturated heterocycles. The van der Waals surface area contributed by atoms with E-state index >= 15 is 0 Å². The fourth-order valence-corrected chi connectivity index (χ4v) is 5.71. The smallest absolute Gasteiger partial charge is 0.306 e. The SMILES string of the molecule is CCCCCCCCCC/C=C\CCCCCCCCCCCC(=O)OC(COC(=O)CCCC)COP(=O)([O-])OCC[N+](C)(C)C. The van der Waals surface area contributed by atoms with Crippen molar-refractivity contribution in [3.05, 3.63) is 12.2 Å². The molecule has 47 heavy (non-hydrogen) atoms. The first-order valence-corrected chi connectivity index (χ1v) is 20.4. The molecular formula is C37H72NO8P. The summed E-state index contributed by atoms with van der Waals surface area (Å²) < 4.78 is 33.3. The molecule has 2 unspecified atom stereocenters. The van der Waals surface area contributed by atoms with Crippen molar-refractivity contribution < 1.29 is 42.1 Å². The standard InChI is InChI=1S/C37H72NO8P/c1-6-8-10-11-12-13-14-15-16-17-18-19-20-21-22-23-24-25-26-27-28-30-37(40)46-35(33-43-36(39)29-9-7-2)34-45-47(41,42)44-32-31-38(3,4)5/h17-18,35H,6-16,19-34H2,1-5H3/b18-17-. The highest BCUT2D eigenvalue weighted by Crippen LogP contribution is 2.38. The quantitative estimate of drug-likeness (QED) is 0.0216. The molecular weight excluding hydrogens is 617 g/mol. The van der Waals surface area contributed by atoms with E-state index in [-0.39, 0.29) is 26.1 Å². The van der Waals surface area contributed by atoms with Crippen molar-refractivity contribution in [1.29, 1.82) is 0 Å². The lowest BCUT2D eigenvalue weighted by Gasteiger charge is -2.28. The van der Waals surface area contributed by atoms with Gasteiger partial charge in [0.1, 0.15) is 19.8 Å². The van der Waals surface area contributed by atoms with Gasteiger partial charge in [-0.15, -0.1) is 0 Å². The van der Waals surface area contributed by atoms with Gasteiger partial charge in [0.25, 0.3) is 7.82 Å². The minimum atomic E-state index is -4.59. The third-order valence-electron chi connectivity index (χ3n) is 8.04. The van der Waals surface area contributed by atoms with Crippen molar-refractivity contribution >= 4 is 19.8 Å². The lowest BCUT2D eigenvalue weighted by atomic mass is 10.1. The molecule has 0 aromatic carbocycles. The Morgan fingerprint density at radius 2 is 1.11 bits per heavy atom. The Kier molecular flexibility index (Phi) is 30.0. The molecule has 0 aromatic heterocycles. The second-order valence-electron chi connectivity index (χ2n) is 13.9. The van der Waals surface area contributed by atoms with E-state index in [1.54, 1.807) is 0 Å². The lowest BCUT2D eigenvalue weighted by molar-refractivity contribution is -0.870. The second-order valence-corrected chi connectivity index (χ2v) is 15.4. The predicted octanol–water partition coefficient (Wildman–Crippen LogP) is 9.22. The van der Waals surface area contributed by atoms with Gasteiger partial charge in [-0.2, -0.15) is 0 Å². The number of phosphoric ester groups is 1. The zero-order valence-electron chi connectivity index (χ0n) is 31.0. The monoisotopic (exact) mass is 689 g/mol. The van der Waals surface area contributed by atoms with Crippen molar-refractivity contribution in [2.45, 2.75) is 168 Å². The molecule has 0 fully saturated rings. The molecule has 0 aliphatic heterocycles. The van der Waals surface area contributed by atoms with Gasteiger partial charge >= 0.3 is 11.9 Å². The number of hydrogen-bond donors (Lipinski definition) is 0. The van der Waals surface area contributed by atoms with Crippen molar-refractivity contribution in [1.82, 2.24) is 0 Å². The van der Waals surface area contributed by atoms with E-state index in [1.807, 2.05) is 28.1 Å². The van der Waals surface area contributed by atoms with Gasteiger partial charge in [-0.1, -0.05) is 122 Å². The van der Waals surface area contributed by atoms with Gasteiger partial charge in [0.05, 0.1) is 27.7 Å². The van der Waals surface area contributed by atoms with Crippen LogP contribution in [0.3, 0.4) is 0 Å². The van der Waals surface area contributed by atoms with Crippen LogP contribution in [0.2, 0.25) is 0 Å². The van der Waals surface area contributed by atoms with Crippen LogP contribution in [0.15, 0.2) is 12.2 Å². The summed E-state index contributed by atoms with van der Waals surface area (Å²) in [4.78, 5) is 36.6. The summed E-state index contributed by atoms with van der Waals surface area (Å²) in [6, 6.07) is 0. The van der Waals surface area contributed by atoms with Crippen molar-refractivity contribution in [2.24, 2.45) is 0 Å². The average molecular weight is 690 g/mol. The molecule has 0 aliphatic carbocycles. The van der Waals surface area contributed by atoms with E-state index in [0.717, 1.165) is 25.7 Å². The summed E-state index contributed by atoms with van der Waals surface area (Å²) in [5, 5.41) is 0. The summed E-state index contributed by atoms with van der Waals surface area (Å²) >= 11 is 0. The Hall–Kier alpha value is -1.25.